The van der Waals surface area contributed by atoms with E-state index in [1.165, 1.54) is 18.2 Å². The van der Waals surface area contributed by atoms with Gasteiger partial charge < -0.3 is 15.8 Å². The zero-order chi connectivity index (χ0) is 20.2. The molecule has 0 saturated heterocycles. The van der Waals surface area contributed by atoms with E-state index in [0.717, 1.165) is 24.0 Å². The largest absolute Gasteiger partial charge is 0.573 e. The molecule has 0 heterocycles. The highest BCUT2D eigenvalue weighted by Crippen LogP contribution is 2.24. The molecule has 0 unspecified atom stereocenters. The normalized spacial score (nSPS) is 12.2. The van der Waals surface area contributed by atoms with Gasteiger partial charge in [-0.25, -0.2) is 13.4 Å². The molecule has 0 amide bonds. The van der Waals surface area contributed by atoms with Gasteiger partial charge in [0, 0.05) is 11.9 Å². The molecule has 0 atom stereocenters. The Labute approximate surface area is 177 Å². The Morgan fingerprint density at radius 1 is 1.18 bits per heavy atom. The van der Waals surface area contributed by atoms with Crippen molar-refractivity contribution < 1.29 is 26.3 Å². The fourth-order valence-corrected chi connectivity index (χ4v) is 3.29. The Kier molecular flexibility index (Phi) is 8.11. The summed E-state index contributed by atoms with van der Waals surface area (Å²) in [6, 6.07) is 9.90. The zero-order valence-electron chi connectivity index (χ0n) is 14.9. The van der Waals surface area contributed by atoms with Crippen LogP contribution in [0.15, 0.2) is 52.4 Å². The zero-order valence-corrected chi connectivity index (χ0v) is 18.1. The summed E-state index contributed by atoms with van der Waals surface area (Å²) in [5.41, 5.74) is 7.57. The molecule has 2 aromatic rings. The molecule has 0 aliphatic carbocycles. The van der Waals surface area contributed by atoms with Gasteiger partial charge in [0.15, 0.2) is 15.8 Å². The SMILES string of the molecule is Cc1cc(CN=C(N)Nc2ccc(OC(F)(F)F)cc2)ccc1S(C)(=O)=O.I. The molecule has 0 radical (unpaired) electrons. The number of ether oxygens (including phenoxy) is 1. The number of aryl methyl sites for hydroxylation is 1. The highest BCUT2D eigenvalue weighted by molar-refractivity contribution is 14.0. The van der Waals surface area contributed by atoms with E-state index >= 15 is 0 Å². The third kappa shape index (κ3) is 7.54. The number of alkyl halides is 3. The maximum atomic E-state index is 12.1. The maximum absolute atomic E-state index is 12.1. The quantitative estimate of drug-likeness (QED) is 0.349. The number of rotatable bonds is 5. The number of hydrogen-bond acceptors (Lipinski definition) is 4. The number of nitrogens with one attached hydrogen (secondary N) is 1. The van der Waals surface area contributed by atoms with Crippen LogP contribution in [0.25, 0.3) is 0 Å². The van der Waals surface area contributed by atoms with Crippen molar-refractivity contribution in [3.8, 4) is 5.75 Å². The van der Waals surface area contributed by atoms with Crippen LogP contribution in [0.2, 0.25) is 0 Å². The third-order valence-corrected chi connectivity index (χ3v) is 4.69. The molecule has 154 valence electrons. The third-order valence-electron chi connectivity index (χ3n) is 3.43. The second-order valence-corrected chi connectivity index (χ2v) is 7.75. The van der Waals surface area contributed by atoms with Crippen molar-refractivity contribution in [1.82, 2.24) is 0 Å². The lowest BCUT2D eigenvalue weighted by Gasteiger charge is -2.10. The van der Waals surface area contributed by atoms with E-state index in [2.05, 4.69) is 15.0 Å². The van der Waals surface area contributed by atoms with Gasteiger partial charge in [0.2, 0.25) is 0 Å². The smallest absolute Gasteiger partial charge is 0.406 e. The second kappa shape index (κ2) is 9.45. The minimum Gasteiger partial charge on any atom is -0.406 e. The van der Waals surface area contributed by atoms with Crippen LogP contribution in [-0.4, -0.2) is 27.0 Å². The maximum Gasteiger partial charge on any atom is 0.573 e. The van der Waals surface area contributed by atoms with Gasteiger partial charge in [-0.15, -0.1) is 37.1 Å². The number of hydrogen-bond donors (Lipinski definition) is 2. The fraction of sp³-hybridized carbons (Fsp3) is 0.235. The van der Waals surface area contributed by atoms with E-state index in [1.54, 1.807) is 19.1 Å². The first-order chi connectivity index (χ1) is 12.4. The van der Waals surface area contributed by atoms with Gasteiger partial charge in [-0.2, -0.15) is 0 Å². The van der Waals surface area contributed by atoms with E-state index in [-0.39, 0.29) is 47.1 Å². The summed E-state index contributed by atoms with van der Waals surface area (Å²) in [6.45, 7) is 1.90. The summed E-state index contributed by atoms with van der Waals surface area (Å²) in [7, 11) is -3.29. The summed E-state index contributed by atoms with van der Waals surface area (Å²) in [6.07, 6.45) is -3.61. The van der Waals surface area contributed by atoms with Crippen molar-refractivity contribution in [2.45, 2.75) is 24.7 Å². The Morgan fingerprint density at radius 3 is 2.29 bits per heavy atom. The Hall–Kier alpha value is -2.02. The highest BCUT2D eigenvalue weighted by Gasteiger charge is 2.30. The van der Waals surface area contributed by atoms with Crippen LogP contribution in [0.4, 0.5) is 18.9 Å². The Balaban J connectivity index is 0.00000392. The van der Waals surface area contributed by atoms with Gasteiger partial charge in [0.05, 0.1) is 11.4 Å². The molecule has 0 aliphatic heterocycles. The minimum atomic E-state index is -4.75. The lowest BCUT2D eigenvalue weighted by molar-refractivity contribution is -0.274. The van der Waals surface area contributed by atoms with Crippen molar-refractivity contribution in [3.05, 3.63) is 53.6 Å². The average molecular weight is 529 g/mol. The Morgan fingerprint density at radius 2 is 1.79 bits per heavy atom. The van der Waals surface area contributed by atoms with Crippen molar-refractivity contribution in [2.75, 3.05) is 11.6 Å². The van der Waals surface area contributed by atoms with Crippen LogP contribution in [-0.2, 0) is 16.4 Å². The number of benzene rings is 2. The molecule has 0 saturated carbocycles. The van der Waals surface area contributed by atoms with Gasteiger partial charge in [-0.3, -0.25) is 0 Å². The molecule has 0 aliphatic rings. The molecular formula is C17H19F3IN3O3S. The van der Waals surface area contributed by atoms with Crippen LogP contribution in [0.5, 0.6) is 5.75 Å². The standard InChI is InChI=1S/C17H18F3N3O3S.HI/c1-11-9-12(3-8-15(11)27(2,24)25)10-22-16(21)23-13-4-6-14(7-5-13)26-17(18,19)20;/h3-9H,10H2,1-2H3,(H3,21,22,23);1H. The van der Waals surface area contributed by atoms with Gasteiger partial charge in [-0.1, -0.05) is 12.1 Å². The first-order valence-electron chi connectivity index (χ1n) is 7.66. The van der Waals surface area contributed by atoms with E-state index < -0.39 is 16.2 Å². The lowest BCUT2D eigenvalue weighted by Crippen LogP contribution is -2.22. The summed E-state index contributed by atoms with van der Waals surface area (Å²) >= 11 is 0. The summed E-state index contributed by atoms with van der Waals surface area (Å²) in [5.74, 6) is -0.283. The topological polar surface area (TPSA) is 93.8 Å². The summed E-state index contributed by atoms with van der Waals surface area (Å²) in [5, 5.41) is 2.75. The molecule has 0 spiro atoms. The first kappa shape index (κ1) is 24.0. The van der Waals surface area contributed by atoms with Crippen molar-refractivity contribution in [2.24, 2.45) is 10.7 Å². The molecular weight excluding hydrogens is 510 g/mol. The summed E-state index contributed by atoms with van der Waals surface area (Å²) in [4.78, 5) is 4.38. The molecule has 28 heavy (non-hydrogen) atoms. The van der Waals surface area contributed by atoms with Crippen LogP contribution in [0.3, 0.4) is 0 Å². The van der Waals surface area contributed by atoms with E-state index in [9.17, 15) is 21.6 Å². The minimum absolute atomic E-state index is 0. The number of aliphatic imine (C=N–C) groups is 1. The molecule has 2 aromatic carbocycles. The predicted molar refractivity (Wildman–Crippen MR) is 112 cm³/mol. The molecule has 11 heteroatoms. The Bertz CT molecular complexity index is 946. The van der Waals surface area contributed by atoms with Crippen LogP contribution in [0, 0.1) is 6.92 Å². The number of nitrogens with two attached hydrogens (primary N) is 1. The first-order valence-corrected chi connectivity index (χ1v) is 9.55. The lowest BCUT2D eigenvalue weighted by atomic mass is 10.1. The average Bonchev–Trinajstić information content (AvgIpc) is 2.52. The fourth-order valence-electron chi connectivity index (χ4n) is 2.33. The second-order valence-electron chi connectivity index (χ2n) is 5.77. The molecule has 0 aromatic heterocycles. The van der Waals surface area contributed by atoms with Crippen molar-refractivity contribution >= 4 is 45.5 Å². The van der Waals surface area contributed by atoms with E-state index in [4.69, 9.17) is 5.73 Å². The van der Waals surface area contributed by atoms with E-state index in [1.807, 2.05) is 0 Å². The van der Waals surface area contributed by atoms with Gasteiger partial charge in [-0.05, 0) is 48.4 Å². The van der Waals surface area contributed by atoms with Crippen LogP contribution < -0.4 is 15.8 Å². The number of halogens is 4. The number of guanidine groups is 1. The van der Waals surface area contributed by atoms with Gasteiger partial charge in [0.1, 0.15) is 5.75 Å². The summed E-state index contributed by atoms with van der Waals surface area (Å²) < 4.78 is 63.4. The highest BCUT2D eigenvalue weighted by atomic mass is 127. The van der Waals surface area contributed by atoms with Crippen LogP contribution in [0.1, 0.15) is 11.1 Å². The van der Waals surface area contributed by atoms with Crippen LogP contribution >= 0.6 is 24.0 Å². The van der Waals surface area contributed by atoms with Crippen molar-refractivity contribution in [3.63, 3.8) is 0 Å². The van der Waals surface area contributed by atoms with E-state index in [0.29, 0.717) is 11.3 Å². The number of sulfone groups is 1. The molecule has 2 rings (SSSR count). The van der Waals surface area contributed by atoms with Gasteiger partial charge in [0.25, 0.3) is 0 Å². The number of anilines is 1. The van der Waals surface area contributed by atoms with Gasteiger partial charge >= 0.3 is 6.36 Å². The van der Waals surface area contributed by atoms with Crippen molar-refractivity contribution in [1.29, 1.82) is 0 Å². The molecule has 6 nitrogen and oxygen atoms in total. The number of nitrogens with zero attached hydrogens (tertiary/aromatic N) is 1. The molecule has 0 fully saturated rings. The predicted octanol–water partition coefficient (Wildman–Crippen LogP) is 3.84. The molecule has 3 N–H and O–H groups in total. The monoisotopic (exact) mass is 529 g/mol. The molecule has 0 bridgehead atoms.